The van der Waals surface area contributed by atoms with Crippen molar-refractivity contribution < 1.29 is 28.5 Å². The third-order valence-electron chi connectivity index (χ3n) is 3.64. The molecule has 0 aliphatic rings. The highest BCUT2D eigenvalue weighted by Gasteiger charge is 2.12. The van der Waals surface area contributed by atoms with Crippen LogP contribution in [0.2, 0.25) is 10.0 Å². The van der Waals surface area contributed by atoms with E-state index in [-0.39, 0.29) is 19.8 Å². The molecule has 2 aromatic rings. The van der Waals surface area contributed by atoms with Crippen molar-refractivity contribution in [3.8, 4) is 17.2 Å². The van der Waals surface area contributed by atoms with Crippen LogP contribution in [0.15, 0.2) is 36.4 Å². The summed E-state index contributed by atoms with van der Waals surface area (Å²) in [4.78, 5) is 22.7. The molecule has 0 aromatic heterocycles. The van der Waals surface area contributed by atoms with Crippen molar-refractivity contribution in [2.75, 3.05) is 26.9 Å². The van der Waals surface area contributed by atoms with E-state index in [2.05, 4.69) is 5.32 Å². The number of amides is 1. The molecule has 0 aliphatic heterocycles. The first kappa shape index (κ1) is 22.6. The minimum Gasteiger partial charge on any atom is -0.497 e. The van der Waals surface area contributed by atoms with Gasteiger partial charge in [-0.3, -0.25) is 4.79 Å². The van der Waals surface area contributed by atoms with Gasteiger partial charge in [0.2, 0.25) is 0 Å². The second-order valence-electron chi connectivity index (χ2n) is 5.71. The van der Waals surface area contributed by atoms with Crippen LogP contribution in [0.25, 0.3) is 0 Å². The van der Waals surface area contributed by atoms with Crippen molar-refractivity contribution in [1.29, 1.82) is 0 Å². The number of carbonyl (C=O) groups excluding carboxylic acids is 2. The maximum Gasteiger partial charge on any atom is 0.407 e. The number of halogens is 2. The first-order valence-electron chi connectivity index (χ1n) is 8.79. The lowest BCUT2D eigenvalue weighted by Crippen LogP contribution is -2.31. The molecule has 0 fully saturated rings. The topological polar surface area (TPSA) is 83.1 Å². The Morgan fingerprint density at radius 1 is 1.00 bits per heavy atom. The Kier molecular flexibility index (Phi) is 8.89. The van der Waals surface area contributed by atoms with Crippen LogP contribution in [0, 0.1) is 0 Å². The molecule has 0 aliphatic carbocycles. The summed E-state index contributed by atoms with van der Waals surface area (Å²) in [5.41, 5.74) is 0.764. The maximum absolute atomic E-state index is 11.6. The smallest absolute Gasteiger partial charge is 0.407 e. The second kappa shape index (κ2) is 11.4. The zero-order valence-corrected chi connectivity index (χ0v) is 17.5. The molecule has 0 spiro atoms. The van der Waals surface area contributed by atoms with Gasteiger partial charge in [0.15, 0.2) is 5.75 Å². The SMILES string of the molecule is CCOC(=O)CNC(=O)OCCc1cc(Cl)c(Oc2ccc(OC)cc2)c(Cl)c1. The zero-order valence-electron chi connectivity index (χ0n) is 16.0. The van der Waals surface area contributed by atoms with E-state index in [1.54, 1.807) is 50.4 Å². The molecule has 2 rings (SSSR count). The summed E-state index contributed by atoms with van der Waals surface area (Å²) in [5, 5.41) is 2.96. The van der Waals surface area contributed by atoms with Crippen LogP contribution in [0.5, 0.6) is 17.2 Å². The number of hydrogen-bond acceptors (Lipinski definition) is 6. The Bertz CT molecular complexity index is 818. The minimum atomic E-state index is -0.713. The molecule has 156 valence electrons. The molecule has 0 atom stereocenters. The highest BCUT2D eigenvalue weighted by atomic mass is 35.5. The summed E-state index contributed by atoms with van der Waals surface area (Å²) >= 11 is 12.6. The largest absolute Gasteiger partial charge is 0.497 e. The van der Waals surface area contributed by atoms with Gasteiger partial charge in [0.05, 0.1) is 30.4 Å². The van der Waals surface area contributed by atoms with E-state index in [0.29, 0.717) is 33.7 Å². The van der Waals surface area contributed by atoms with E-state index in [1.165, 1.54) is 0 Å². The van der Waals surface area contributed by atoms with Crippen LogP contribution < -0.4 is 14.8 Å². The molecule has 0 heterocycles. The predicted octanol–water partition coefficient (Wildman–Crippen LogP) is 4.63. The van der Waals surface area contributed by atoms with E-state index in [0.717, 1.165) is 5.56 Å². The van der Waals surface area contributed by atoms with Crippen LogP contribution in [-0.2, 0) is 20.7 Å². The summed E-state index contributed by atoms with van der Waals surface area (Å²) < 4.78 is 20.6. The van der Waals surface area contributed by atoms with Crippen LogP contribution in [0.1, 0.15) is 12.5 Å². The van der Waals surface area contributed by atoms with Gasteiger partial charge in [-0.15, -0.1) is 0 Å². The quantitative estimate of drug-likeness (QED) is 0.571. The van der Waals surface area contributed by atoms with Gasteiger partial charge in [0, 0.05) is 6.42 Å². The summed E-state index contributed by atoms with van der Waals surface area (Å²) in [6.07, 6.45) is -0.329. The predicted molar refractivity (Wildman–Crippen MR) is 109 cm³/mol. The number of benzene rings is 2. The molecular weight excluding hydrogens is 421 g/mol. The first-order chi connectivity index (χ1) is 13.9. The molecule has 7 nitrogen and oxygen atoms in total. The standard InChI is InChI=1S/C20H21Cl2NO6/c1-3-27-18(24)12-23-20(25)28-9-8-13-10-16(21)19(17(22)11-13)29-15-6-4-14(26-2)5-7-15/h4-7,10-11H,3,8-9,12H2,1-2H3,(H,23,25). The number of rotatable bonds is 9. The van der Waals surface area contributed by atoms with Crippen molar-refractivity contribution in [2.45, 2.75) is 13.3 Å². The number of ether oxygens (including phenoxy) is 4. The minimum absolute atomic E-state index is 0.0833. The van der Waals surface area contributed by atoms with Gasteiger partial charge in [-0.25, -0.2) is 4.79 Å². The van der Waals surface area contributed by atoms with E-state index >= 15 is 0 Å². The molecule has 0 saturated carbocycles. The average Bonchev–Trinajstić information content (AvgIpc) is 2.70. The molecule has 1 N–H and O–H groups in total. The number of methoxy groups -OCH3 is 1. The first-order valence-corrected chi connectivity index (χ1v) is 9.54. The summed E-state index contributed by atoms with van der Waals surface area (Å²) in [7, 11) is 1.58. The summed E-state index contributed by atoms with van der Waals surface area (Å²) in [5.74, 6) is 1.06. The third kappa shape index (κ3) is 7.36. The highest BCUT2D eigenvalue weighted by Crippen LogP contribution is 2.37. The Hall–Kier alpha value is -2.64. The third-order valence-corrected chi connectivity index (χ3v) is 4.21. The molecule has 2 aromatic carbocycles. The van der Waals surface area contributed by atoms with Crippen LogP contribution >= 0.6 is 23.2 Å². The molecule has 29 heavy (non-hydrogen) atoms. The van der Waals surface area contributed by atoms with E-state index in [1.807, 2.05) is 0 Å². The Morgan fingerprint density at radius 2 is 1.62 bits per heavy atom. The van der Waals surface area contributed by atoms with Crippen molar-refractivity contribution in [1.82, 2.24) is 5.32 Å². The van der Waals surface area contributed by atoms with E-state index < -0.39 is 12.1 Å². The number of hydrogen-bond donors (Lipinski definition) is 1. The van der Waals surface area contributed by atoms with Crippen molar-refractivity contribution in [2.24, 2.45) is 0 Å². The van der Waals surface area contributed by atoms with Gasteiger partial charge < -0.3 is 24.3 Å². The number of esters is 1. The van der Waals surface area contributed by atoms with Gasteiger partial charge in [0.1, 0.15) is 18.0 Å². The number of alkyl carbamates (subject to hydrolysis) is 1. The monoisotopic (exact) mass is 441 g/mol. The normalized spacial score (nSPS) is 10.2. The van der Waals surface area contributed by atoms with Gasteiger partial charge >= 0.3 is 12.1 Å². The lowest BCUT2D eigenvalue weighted by molar-refractivity contribution is -0.141. The second-order valence-corrected chi connectivity index (χ2v) is 6.53. The molecule has 1 amide bonds. The van der Waals surface area contributed by atoms with Gasteiger partial charge in [-0.05, 0) is 48.9 Å². The Morgan fingerprint density at radius 3 is 2.21 bits per heavy atom. The summed E-state index contributed by atoms with van der Waals surface area (Å²) in [6.45, 7) is 1.76. The van der Waals surface area contributed by atoms with E-state index in [4.69, 9.17) is 42.1 Å². The Labute approximate surface area is 178 Å². The van der Waals surface area contributed by atoms with Gasteiger partial charge in [-0.2, -0.15) is 0 Å². The van der Waals surface area contributed by atoms with Crippen LogP contribution in [0.3, 0.4) is 0 Å². The maximum atomic E-state index is 11.6. The lowest BCUT2D eigenvalue weighted by atomic mass is 10.1. The van der Waals surface area contributed by atoms with Gasteiger partial charge in [-0.1, -0.05) is 23.2 Å². The van der Waals surface area contributed by atoms with Crippen LogP contribution in [0.4, 0.5) is 4.79 Å². The van der Waals surface area contributed by atoms with Crippen molar-refractivity contribution in [3.05, 3.63) is 52.0 Å². The molecule has 0 saturated heterocycles. The fourth-order valence-corrected chi connectivity index (χ4v) is 2.89. The fraction of sp³-hybridized carbons (Fsp3) is 0.300. The van der Waals surface area contributed by atoms with Crippen molar-refractivity contribution in [3.63, 3.8) is 0 Å². The summed E-state index contributed by atoms with van der Waals surface area (Å²) in [6, 6.07) is 10.4. The molecule has 0 bridgehead atoms. The number of nitrogens with one attached hydrogen (secondary N) is 1. The molecule has 9 heteroatoms. The highest BCUT2D eigenvalue weighted by molar-refractivity contribution is 6.37. The van der Waals surface area contributed by atoms with Crippen molar-refractivity contribution >= 4 is 35.3 Å². The van der Waals surface area contributed by atoms with Gasteiger partial charge in [0.25, 0.3) is 0 Å². The van der Waals surface area contributed by atoms with Crippen LogP contribution in [-0.4, -0.2) is 38.9 Å². The van der Waals surface area contributed by atoms with E-state index in [9.17, 15) is 9.59 Å². The lowest BCUT2D eigenvalue weighted by Gasteiger charge is -2.12. The average molecular weight is 442 g/mol. The Balaban J connectivity index is 1.88. The zero-order chi connectivity index (χ0) is 21.2. The molecular formula is C20H21Cl2NO6. The molecule has 0 radical (unpaired) electrons. The molecule has 0 unspecified atom stereocenters. The fourth-order valence-electron chi connectivity index (χ4n) is 2.28. The number of carbonyl (C=O) groups is 2.